The fourth-order valence-corrected chi connectivity index (χ4v) is 4.17. The highest BCUT2D eigenvalue weighted by Gasteiger charge is 2.50. The van der Waals surface area contributed by atoms with Crippen LogP contribution >= 0.6 is 0 Å². The minimum atomic E-state index is -0.617. The molecule has 0 N–H and O–H groups in total. The highest BCUT2D eigenvalue weighted by atomic mass is 16.6. The predicted octanol–water partition coefficient (Wildman–Crippen LogP) is 4.38. The van der Waals surface area contributed by atoms with Crippen molar-refractivity contribution in [2.45, 2.75) is 70.7 Å². The lowest BCUT2D eigenvalue weighted by Gasteiger charge is -2.38. The normalized spacial score (nSPS) is 28.1. The van der Waals surface area contributed by atoms with Crippen molar-refractivity contribution in [3.8, 4) is 0 Å². The molecule has 1 aliphatic heterocycles. The summed E-state index contributed by atoms with van der Waals surface area (Å²) in [5.41, 5.74) is 0.359. The van der Waals surface area contributed by atoms with E-state index in [1.54, 1.807) is 4.90 Å². The monoisotopic (exact) mass is 331 g/mol. The molecule has 1 aromatic rings. The van der Waals surface area contributed by atoms with Gasteiger partial charge in [-0.2, -0.15) is 0 Å². The van der Waals surface area contributed by atoms with Gasteiger partial charge in [0.15, 0.2) is 0 Å². The van der Waals surface area contributed by atoms with Crippen molar-refractivity contribution in [3.05, 3.63) is 35.9 Å². The Hall–Kier alpha value is -1.55. The number of hydrogen-bond acceptors (Lipinski definition) is 3. The summed E-state index contributed by atoms with van der Waals surface area (Å²) >= 11 is 0. The summed E-state index contributed by atoms with van der Waals surface area (Å²) in [6, 6.07) is 10.5. The first-order chi connectivity index (χ1) is 11.3. The summed E-state index contributed by atoms with van der Waals surface area (Å²) in [5, 5.41) is 0. The third kappa shape index (κ3) is 3.44. The smallest absolute Gasteiger partial charge is 0.412 e. The minimum absolute atomic E-state index is 0.00454. The molecule has 24 heavy (non-hydrogen) atoms. The van der Waals surface area contributed by atoms with E-state index < -0.39 is 5.72 Å². The Morgan fingerprint density at radius 1 is 1.21 bits per heavy atom. The zero-order valence-corrected chi connectivity index (χ0v) is 15.2. The van der Waals surface area contributed by atoms with Crippen LogP contribution < -0.4 is 0 Å². The third-order valence-corrected chi connectivity index (χ3v) is 5.29. The number of carbonyl (C=O) groups is 1. The largest absolute Gasteiger partial charge is 0.446 e. The zero-order chi connectivity index (χ0) is 17.4. The number of carbonyl (C=O) groups excluding carboxylic acids is 1. The lowest BCUT2D eigenvalue weighted by molar-refractivity contribution is -0.0611. The molecule has 0 bridgehead atoms. The molecule has 0 unspecified atom stereocenters. The number of hydrogen-bond donors (Lipinski definition) is 0. The predicted molar refractivity (Wildman–Crippen MR) is 93.7 cm³/mol. The van der Waals surface area contributed by atoms with Crippen LogP contribution in [-0.2, 0) is 15.9 Å². The van der Waals surface area contributed by atoms with Gasteiger partial charge in [-0.15, -0.1) is 0 Å². The van der Waals surface area contributed by atoms with E-state index in [0.717, 1.165) is 25.7 Å². The van der Waals surface area contributed by atoms with Gasteiger partial charge in [-0.3, -0.25) is 4.90 Å². The van der Waals surface area contributed by atoms with E-state index in [0.29, 0.717) is 12.5 Å². The van der Waals surface area contributed by atoms with Gasteiger partial charge < -0.3 is 9.47 Å². The number of rotatable bonds is 3. The molecule has 1 aromatic carbocycles. The third-order valence-electron chi connectivity index (χ3n) is 5.29. The van der Waals surface area contributed by atoms with Gasteiger partial charge in [-0.1, -0.05) is 30.3 Å². The molecule has 1 saturated carbocycles. The second kappa shape index (κ2) is 6.40. The summed E-state index contributed by atoms with van der Waals surface area (Å²) in [5.74, 6) is 0.408. The molecule has 2 aliphatic rings. The molecule has 2 fully saturated rings. The Morgan fingerprint density at radius 3 is 2.54 bits per heavy atom. The van der Waals surface area contributed by atoms with E-state index in [9.17, 15) is 4.79 Å². The summed E-state index contributed by atoms with van der Waals surface area (Å²) in [6.07, 6.45) is 3.94. The van der Waals surface area contributed by atoms with Gasteiger partial charge in [0.25, 0.3) is 0 Å². The molecular formula is C20H29NO3. The lowest BCUT2D eigenvalue weighted by Crippen LogP contribution is -2.53. The summed E-state index contributed by atoms with van der Waals surface area (Å²) in [4.78, 5) is 14.6. The van der Waals surface area contributed by atoms with Crippen LogP contribution in [0.5, 0.6) is 0 Å². The van der Waals surface area contributed by atoms with Gasteiger partial charge in [0.1, 0.15) is 11.8 Å². The van der Waals surface area contributed by atoms with E-state index in [1.165, 1.54) is 5.56 Å². The van der Waals surface area contributed by atoms with Gasteiger partial charge >= 0.3 is 6.09 Å². The van der Waals surface area contributed by atoms with E-state index in [-0.39, 0.29) is 17.7 Å². The Balaban J connectivity index is 1.67. The van der Waals surface area contributed by atoms with E-state index in [2.05, 4.69) is 24.3 Å². The molecule has 0 aromatic heterocycles. The van der Waals surface area contributed by atoms with Crippen LogP contribution in [0.25, 0.3) is 0 Å². The van der Waals surface area contributed by atoms with Crippen molar-refractivity contribution >= 4 is 6.09 Å². The highest BCUT2D eigenvalue weighted by molar-refractivity contribution is 5.70. The first kappa shape index (κ1) is 17.3. The Morgan fingerprint density at radius 2 is 1.92 bits per heavy atom. The quantitative estimate of drug-likeness (QED) is 0.825. The van der Waals surface area contributed by atoms with Crippen LogP contribution in [0, 0.1) is 5.92 Å². The van der Waals surface area contributed by atoms with Gasteiger partial charge in [0.2, 0.25) is 0 Å². The molecule has 132 valence electrons. The summed E-state index contributed by atoms with van der Waals surface area (Å²) < 4.78 is 11.8. The minimum Gasteiger partial charge on any atom is -0.446 e. The first-order valence-electron chi connectivity index (χ1n) is 8.98. The van der Waals surface area contributed by atoms with Crippen molar-refractivity contribution in [2.75, 3.05) is 6.61 Å². The van der Waals surface area contributed by atoms with Crippen LogP contribution in [0.4, 0.5) is 4.79 Å². The van der Waals surface area contributed by atoms with Crippen molar-refractivity contribution in [1.29, 1.82) is 0 Å². The topological polar surface area (TPSA) is 38.8 Å². The van der Waals surface area contributed by atoms with Gasteiger partial charge in [-0.05, 0) is 58.9 Å². The lowest BCUT2D eigenvalue weighted by atomic mass is 9.96. The van der Waals surface area contributed by atoms with Gasteiger partial charge in [-0.25, -0.2) is 4.79 Å². The summed E-state index contributed by atoms with van der Waals surface area (Å²) in [7, 11) is 0. The number of benzene rings is 1. The van der Waals surface area contributed by atoms with E-state index in [4.69, 9.17) is 9.47 Å². The molecule has 0 spiro atoms. The molecular weight excluding hydrogens is 302 g/mol. The molecule has 1 aliphatic carbocycles. The van der Waals surface area contributed by atoms with Crippen LogP contribution in [0.3, 0.4) is 0 Å². The Bertz CT molecular complexity index is 566. The second-order valence-corrected chi connectivity index (χ2v) is 8.19. The van der Waals surface area contributed by atoms with Gasteiger partial charge in [0.05, 0.1) is 12.1 Å². The second-order valence-electron chi connectivity index (χ2n) is 8.19. The fraction of sp³-hybridized carbons (Fsp3) is 0.650. The van der Waals surface area contributed by atoms with Gasteiger partial charge in [0, 0.05) is 5.92 Å². The average Bonchev–Trinajstić information content (AvgIpc) is 3.02. The average molecular weight is 331 g/mol. The Kier molecular flexibility index (Phi) is 4.60. The molecule has 4 heteroatoms. The molecule has 4 nitrogen and oxygen atoms in total. The van der Waals surface area contributed by atoms with Crippen molar-refractivity contribution in [3.63, 3.8) is 0 Å². The maximum Gasteiger partial charge on any atom is 0.412 e. The molecule has 1 amide bonds. The Labute approximate surface area is 145 Å². The van der Waals surface area contributed by atoms with E-state index in [1.807, 2.05) is 33.8 Å². The standard InChI is InChI=1S/C20H29NO3/c1-19(2)14-23-20(3,4)21(19)18(22)24-17-12-8-11-16(17)13-15-9-6-5-7-10-15/h5-7,9-10,16-17H,8,11-14H2,1-4H3/t16-,17+/m0/s1. The highest BCUT2D eigenvalue weighted by Crippen LogP contribution is 2.37. The van der Waals surface area contributed by atoms with Crippen LogP contribution in [0.15, 0.2) is 30.3 Å². The molecule has 1 saturated heterocycles. The molecule has 3 rings (SSSR count). The summed E-state index contributed by atoms with van der Waals surface area (Å²) in [6.45, 7) is 8.45. The first-order valence-corrected chi connectivity index (χ1v) is 8.98. The SMILES string of the molecule is CC1(C)COC(C)(C)N1C(=O)O[C@@H]1CCC[C@H]1Cc1ccccc1. The van der Waals surface area contributed by atoms with E-state index >= 15 is 0 Å². The zero-order valence-electron chi connectivity index (χ0n) is 15.2. The fourth-order valence-electron chi connectivity index (χ4n) is 4.17. The molecule has 2 atom stereocenters. The van der Waals surface area contributed by atoms with Crippen molar-refractivity contribution in [1.82, 2.24) is 4.90 Å². The van der Waals surface area contributed by atoms with Crippen LogP contribution in [0.1, 0.15) is 52.5 Å². The van der Waals surface area contributed by atoms with Crippen LogP contribution in [0.2, 0.25) is 0 Å². The van der Waals surface area contributed by atoms with Crippen molar-refractivity contribution < 1.29 is 14.3 Å². The number of ether oxygens (including phenoxy) is 2. The number of amides is 1. The molecule has 0 radical (unpaired) electrons. The molecule has 1 heterocycles. The maximum atomic E-state index is 12.9. The van der Waals surface area contributed by atoms with Crippen LogP contribution in [-0.4, -0.2) is 35.0 Å². The maximum absolute atomic E-state index is 12.9. The number of nitrogens with zero attached hydrogens (tertiary/aromatic N) is 1. The van der Waals surface area contributed by atoms with Crippen molar-refractivity contribution in [2.24, 2.45) is 5.92 Å².